The average molecular weight is 310 g/mol. The Kier molecular flexibility index (Phi) is 4.48. The van der Waals surface area contributed by atoms with Crippen LogP contribution in [-0.2, 0) is 6.54 Å². The van der Waals surface area contributed by atoms with Crippen molar-refractivity contribution in [2.75, 3.05) is 7.05 Å². The van der Waals surface area contributed by atoms with Crippen LogP contribution in [0.4, 0.5) is 4.39 Å². The molecule has 5 heteroatoms. The van der Waals surface area contributed by atoms with E-state index in [1.165, 1.54) is 18.0 Å². The predicted molar refractivity (Wildman–Crippen MR) is 87.6 cm³/mol. The molecule has 0 fully saturated rings. The summed E-state index contributed by atoms with van der Waals surface area (Å²) in [6.45, 7) is 2.84. The highest BCUT2D eigenvalue weighted by atomic mass is 19.1. The Hall–Kier alpha value is -2.53. The van der Waals surface area contributed by atoms with E-state index < -0.39 is 0 Å². The molecule has 0 aliphatic carbocycles. The van der Waals surface area contributed by atoms with Crippen molar-refractivity contribution < 1.29 is 4.39 Å². The Morgan fingerprint density at radius 3 is 2.61 bits per heavy atom. The topological polar surface area (TPSA) is 34.0 Å². The van der Waals surface area contributed by atoms with E-state index in [1.54, 1.807) is 23.1 Å². The standard InChI is InChI=1S/C18H19FN4/c1-14(22(2)11-15-4-3-5-17(19)10-15)16-6-8-18(9-7-16)23-13-20-12-21-23/h3-10,12-14H,11H2,1-2H3. The summed E-state index contributed by atoms with van der Waals surface area (Å²) in [5.41, 5.74) is 3.15. The first-order valence-corrected chi connectivity index (χ1v) is 7.53. The van der Waals surface area contributed by atoms with Crippen molar-refractivity contribution >= 4 is 0 Å². The molecule has 0 aliphatic heterocycles. The van der Waals surface area contributed by atoms with Crippen LogP contribution < -0.4 is 0 Å². The molecule has 0 saturated heterocycles. The lowest BCUT2D eigenvalue weighted by Gasteiger charge is -2.25. The molecule has 1 aromatic heterocycles. The summed E-state index contributed by atoms with van der Waals surface area (Å²) in [5.74, 6) is -0.194. The van der Waals surface area contributed by atoms with E-state index in [0.717, 1.165) is 11.3 Å². The van der Waals surface area contributed by atoms with E-state index in [4.69, 9.17) is 0 Å². The van der Waals surface area contributed by atoms with Gasteiger partial charge in [0.2, 0.25) is 0 Å². The third kappa shape index (κ3) is 3.63. The van der Waals surface area contributed by atoms with Gasteiger partial charge >= 0.3 is 0 Å². The smallest absolute Gasteiger partial charge is 0.138 e. The molecule has 0 aliphatic rings. The lowest BCUT2D eigenvalue weighted by atomic mass is 10.1. The van der Waals surface area contributed by atoms with Crippen molar-refractivity contribution in [1.29, 1.82) is 0 Å². The van der Waals surface area contributed by atoms with Crippen molar-refractivity contribution in [3.63, 3.8) is 0 Å². The minimum absolute atomic E-state index is 0.194. The monoisotopic (exact) mass is 310 g/mol. The molecule has 3 aromatic rings. The molecule has 0 radical (unpaired) electrons. The van der Waals surface area contributed by atoms with E-state index >= 15 is 0 Å². The van der Waals surface area contributed by atoms with Gasteiger partial charge in [0.15, 0.2) is 0 Å². The van der Waals surface area contributed by atoms with Crippen LogP contribution in [0.3, 0.4) is 0 Å². The van der Waals surface area contributed by atoms with Crippen molar-refractivity contribution in [2.24, 2.45) is 0 Å². The summed E-state index contributed by atoms with van der Waals surface area (Å²) >= 11 is 0. The molecular weight excluding hydrogens is 291 g/mol. The molecule has 1 atom stereocenters. The van der Waals surface area contributed by atoms with Gasteiger partial charge in [-0.3, -0.25) is 4.90 Å². The zero-order valence-corrected chi connectivity index (χ0v) is 13.2. The summed E-state index contributed by atoms with van der Waals surface area (Å²) in [4.78, 5) is 6.14. The van der Waals surface area contributed by atoms with Crippen molar-refractivity contribution in [1.82, 2.24) is 19.7 Å². The van der Waals surface area contributed by atoms with Crippen molar-refractivity contribution in [2.45, 2.75) is 19.5 Å². The lowest BCUT2D eigenvalue weighted by molar-refractivity contribution is 0.253. The second-order valence-corrected chi connectivity index (χ2v) is 5.65. The Morgan fingerprint density at radius 2 is 1.96 bits per heavy atom. The average Bonchev–Trinajstić information content (AvgIpc) is 3.09. The number of aromatic nitrogens is 3. The third-order valence-corrected chi connectivity index (χ3v) is 4.04. The summed E-state index contributed by atoms with van der Waals surface area (Å²) in [6.07, 6.45) is 3.19. The molecule has 0 N–H and O–H groups in total. The fourth-order valence-electron chi connectivity index (χ4n) is 2.56. The molecule has 1 unspecified atom stereocenters. The minimum Gasteiger partial charge on any atom is -0.295 e. The third-order valence-electron chi connectivity index (χ3n) is 4.04. The lowest BCUT2D eigenvalue weighted by Crippen LogP contribution is -2.22. The van der Waals surface area contributed by atoms with Gasteiger partial charge in [-0.2, -0.15) is 5.10 Å². The highest BCUT2D eigenvalue weighted by molar-refractivity contribution is 5.34. The molecule has 1 heterocycles. The normalized spacial score (nSPS) is 12.5. The summed E-state index contributed by atoms with van der Waals surface area (Å²) in [6, 6.07) is 15.2. The molecule has 2 aromatic carbocycles. The fraction of sp³-hybridized carbons (Fsp3) is 0.222. The molecule has 23 heavy (non-hydrogen) atoms. The van der Waals surface area contributed by atoms with Gasteiger partial charge in [-0.25, -0.2) is 14.1 Å². The largest absolute Gasteiger partial charge is 0.295 e. The number of hydrogen-bond donors (Lipinski definition) is 0. The number of benzene rings is 2. The second-order valence-electron chi connectivity index (χ2n) is 5.65. The van der Waals surface area contributed by atoms with Crippen LogP contribution in [0.1, 0.15) is 24.1 Å². The Bertz CT molecular complexity index is 753. The van der Waals surface area contributed by atoms with Crippen LogP contribution in [-0.4, -0.2) is 26.7 Å². The first kappa shape index (κ1) is 15.4. The van der Waals surface area contributed by atoms with Gasteiger partial charge in [-0.15, -0.1) is 0 Å². The van der Waals surface area contributed by atoms with Crippen LogP contribution in [0.15, 0.2) is 61.2 Å². The highest BCUT2D eigenvalue weighted by Gasteiger charge is 2.12. The van der Waals surface area contributed by atoms with E-state index in [-0.39, 0.29) is 11.9 Å². The molecule has 3 rings (SSSR count). The number of halogens is 1. The zero-order valence-electron chi connectivity index (χ0n) is 13.2. The summed E-state index contributed by atoms with van der Waals surface area (Å²) < 4.78 is 15.0. The number of rotatable bonds is 5. The zero-order chi connectivity index (χ0) is 16.2. The molecule has 4 nitrogen and oxygen atoms in total. The minimum atomic E-state index is -0.194. The molecular formula is C18H19FN4. The van der Waals surface area contributed by atoms with E-state index in [9.17, 15) is 4.39 Å². The van der Waals surface area contributed by atoms with Crippen molar-refractivity contribution in [3.8, 4) is 5.69 Å². The van der Waals surface area contributed by atoms with Crippen LogP contribution in [0.2, 0.25) is 0 Å². The summed E-state index contributed by atoms with van der Waals surface area (Å²) in [7, 11) is 2.04. The van der Waals surface area contributed by atoms with Crippen LogP contribution >= 0.6 is 0 Å². The van der Waals surface area contributed by atoms with Gasteiger partial charge in [0.25, 0.3) is 0 Å². The first-order valence-electron chi connectivity index (χ1n) is 7.53. The molecule has 0 saturated carbocycles. The quantitative estimate of drug-likeness (QED) is 0.722. The van der Waals surface area contributed by atoms with E-state index in [2.05, 4.69) is 34.0 Å². The maximum absolute atomic E-state index is 13.3. The fourth-order valence-corrected chi connectivity index (χ4v) is 2.56. The van der Waals surface area contributed by atoms with E-state index in [0.29, 0.717) is 6.54 Å². The SMILES string of the molecule is CC(c1ccc(-n2cncn2)cc1)N(C)Cc1cccc(F)c1. The number of nitrogens with zero attached hydrogens (tertiary/aromatic N) is 4. The van der Waals surface area contributed by atoms with Crippen LogP contribution in [0.5, 0.6) is 0 Å². The maximum atomic E-state index is 13.3. The molecule has 118 valence electrons. The van der Waals surface area contributed by atoms with Gasteiger partial charge in [0.05, 0.1) is 5.69 Å². The van der Waals surface area contributed by atoms with Crippen LogP contribution in [0.25, 0.3) is 5.69 Å². The molecule has 0 amide bonds. The Balaban J connectivity index is 1.70. The summed E-state index contributed by atoms with van der Waals surface area (Å²) in [5, 5.41) is 4.12. The molecule has 0 bridgehead atoms. The van der Waals surface area contributed by atoms with Crippen LogP contribution in [0, 0.1) is 5.82 Å². The van der Waals surface area contributed by atoms with Gasteiger partial charge in [0, 0.05) is 12.6 Å². The first-order chi connectivity index (χ1) is 11.1. The highest BCUT2D eigenvalue weighted by Crippen LogP contribution is 2.22. The second kappa shape index (κ2) is 6.71. The van der Waals surface area contributed by atoms with E-state index in [1.807, 2.05) is 25.2 Å². The maximum Gasteiger partial charge on any atom is 0.138 e. The van der Waals surface area contributed by atoms with Gasteiger partial charge in [0.1, 0.15) is 18.5 Å². The van der Waals surface area contributed by atoms with Gasteiger partial charge in [-0.05, 0) is 49.4 Å². The van der Waals surface area contributed by atoms with Gasteiger partial charge in [-0.1, -0.05) is 24.3 Å². The Labute approximate surface area is 135 Å². The number of hydrogen-bond acceptors (Lipinski definition) is 3. The van der Waals surface area contributed by atoms with Crippen molar-refractivity contribution in [3.05, 3.63) is 78.1 Å². The Morgan fingerprint density at radius 1 is 1.17 bits per heavy atom. The molecule has 0 spiro atoms. The van der Waals surface area contributed by atoms with Gasteiger partial charge < -0.3 is 0 Å². The predicted octanol–water partition coefficient (Wildman–Crippen LogP) is 3.60.